The van der Waals surface area contributed by atoms with Crippen molar-refractivity contribution in [2.24, 2.45) is 0 Å². The van der Waals surface area contributed by atoms with Crippen molar-refractivity contribution in [1.82, 2.24) is 4.98 Å². The molecule has 18 heavy (non-hydrogen) atoms. The van der Waals surface area contributed by atoms with Gasteiger partial charge in [-0.05, 0) is 18.1 Å². The molecule has 0 aliphatic heterocycles. The topological polar surface area (TPSA) is 56.0 Å². The number of nitrogens with zero attached hydrogens (tertiary/aromatic N) is 2. The molecule has 0 atom stereocenters. The number of hydrogen-bond acceptors (Lipinski definition) is 3. The Labute approximate surface area is 109 Å². The van der Waals surface area contributed by atoms with E-state index in [9.17, 15) is 10.1 Å². The van der Waals surface area contributed by atoms with Crippen molar-refractivity contribution in [3.05, 3.63) is 56.9 Å². The molecule has 0 spiro atoms. The van der Waals surface area contributed by atoms with Crippen LogP contribution in [0.3, 0.4) is 0 Å². The monoisotopic (exact) mass is 262 g/mol. The van der Waals surface area contributed by atoms with E-state index >= 15 is 0 Å². The third-order valence-electron chi connectivity index (χ3n) is 2.67. The zero-order chi connectivity index (χ0) is 13.1. The molecule has 0 aliphatic carbocycles. The average Bonchev–Trinajstić information content (AvgIpc) is 2.35. The number of nitro groups is 1. The van der Waals surface area contributed by atoms with Crippen molar-refractivity contribution in [2.75, 3.05) is 0 Å². The maximum atomic E-state index is 10.3. The number of rotatable bonds is 3. The summed E-state index contributed by atoms with van der Waals surface area (Å²) in [5, 5.41) is 11.5. The largest absolute Gasteiger partial charge is 0.259 e. The summed E-state index contributed by atoms with van der Waals surface area (Å²) in [6.45, 7) is 2.05. The molecule has 1 aromatic heterocycles. The van der Waals surface area contributed by atoms with Crippen molar-refractivity contribution in [3.8, 4) is 0 Å². The summed E-state index contributed by atoms with van der Waals surface area (Å²) in [4.78, 5) is 14.1. The van der Waals surface area contributed by atoms with E-state index in [0.29, 0.717) is 5.56 Å². The lowest BCUT2D eigenvalue weighted by atomic mass is 10.1. The first-order valence-electron chi connectivity index (χ1n) is 5.51. The standard InChI is InChI=1S/C13H11ClN2O2/c1-2-9-4-3-5-10-8-11(6-7-16(17)18)13(14)15-12(9)10/h3-8H,2H2,1H3. The highest BCUT2D eigenvalue weighted by Gasteiger charge is 2.06. The molecule has 0 aliphatic rings. The number of pyridine rings is 1. The normalized spacial score (nSPS) is 11.2. The first-order valence-corrected chi connectivity index (χ1v) is 5.89. The molecule has 92 valence electrons. The summed E-state index contributed by atoms with van der Waals surface area (Å²) in [5.41, 5.74) is 2.51. The number of para-hydroxylation sites is 1. The molecule has 1 aromatic carbocycles. The summed E-state index contributed by atoms with van der Waals surface area (Å²) >= 11 is 6.03. The average molecular weight is 263 g/mol. The van der Waals surface area contributed by atoms with Gasteiger partial charge in [-0.2, -0.15) is 0 Å². The Kier molecular flexibility index (Phi) is 3.58. The maximum Gasteiger partial charge on any atom is 0.235 e. The van der Waals surface area contributed by atoms with Crippen LogP contribution < -0.4 is 0 Å². The number of fused-ring (bicyclic) bond motifs is 1. The van der Waals surface area contributed by atoms with Gasteiger partial charge in [0, 0.05) is 17.0 Å². The van der Waals surface area contributed by atoms with Crippen molar-refractivity contribution in [1.29, 1.82) is 0 Å². The lowest BCUT2D eigenvalue weighted by molar-refractivity contribution is -0.400. The molecule has 0 unspecified atom stereocenters. The lowest BCUT2D eigenvalue weighted by Gasteiger charge is -2.05. The van der Waals surface area contributed by atoms with Gasteiger partial charge in [0.2, 0.25) is 6.20 Å². The summed E-state index contributed by atoms with van der Waals surface area (Å²) < 4.78 is 0. The number of halogens is 1. The van der Waals surface area contributed by atoms with Gasteiger partial charge in [0.1, 0.15) is 5.15 Å². The quantitative estimate of drug-likeness (QED) is 0.481. The van der Waals surface area contributed by atoms with Gasteiger partial charge < -0.3 is 0 Å². The smallest absolute Gasteiger partial charge is 0.235 e. The predicted octanol–water partition coefficient (Wildman–Crippen LogP) is 3.70. The number of aromatic nitrogens is 1. The van der Waals surface area contributed by atoms with Crippen LogP contribution in [0.5, 0.6) is 0 Å². The Hall–Kier alpha value is -1.94. The van der Waals surface area contributed by atoms with Gasteiger partial charge in [-0.15, -0.1) is 0 Å². The van der Waals surface area contributed by atoms with Crippen molar-refractivity contribution in [3.63, 3.8) is 0 Å². The van der Waals surface area contributed by atoms with E-state index in [-0.39, 0.29) is 5.15 Å². The third kappa shape index (κ3) is 2.49. The first-order chi connectivity index (χ1) is 8.61. The highest BCUT2D eigenvalue weighted by atomic mass is 35.5. The molecule has 0 bridgehead atoms. The Bertz CT molecular complexity index is 638. The molecule has 0 fully saturated rings. The SMILES string of the molecule is CCc1cccc2cc(C=C[N+](=O)[O-])c(Cl)nc12. The third-order valence-corrected chi connectivity index (χ3v) is 2.97. The molecular formula is C13H11ClN2O2. The minimum absolute atomic E-state index is 0.279. The van der Waals surface area contributed by atoms with E-state index in [2.05, 4.69) is 4.98 Å². The Morgan fingerprint density at radius 1 is 1.50 bits per heavy atom. The Morgan fingerprint density at radius 2 is 2.28 bits per heavy atom. The minimum Gasteiger partial charge on any atom is -0.259 e. The predicted molar refractivity (Wildman–Crippen MR) is 72.2 cm³/mol. The van der Waals surface area contributed by atoms with Crippen LogP contribution in [-0.4, -0.2) is 9.91 Å². The molecule has 0 N–H and O–H groups in total. The summed E-state index contributed by atoms with van der Waals surface area (Å²) in [5.74, 6) is 0. The summed E-state index contributed by atoms with van der Waals surface area (Å²) in [6, 6.07) is 7.67. The van der Waals surface area contributed by atoms with Gasteiger partial charge in [0.15, 0.2) is 0 Å². The van der Waals surface area contributed by atoms with Crippen LogP contribution in [0.25, 0.3) is 17.0 Å². The van der Waals surface area contributed by atoms with Crippen LogP contribution in [-0.2, 0) is 6.42 Å². The van der Waals surface area contributed by atoms with Gasteiger partial charge in [-0.25, -0.2) is 4.98 Å². The zero-order valence-electron chi connectivity index (χ0n) is 9.76. The number of aryl methyl sites for hydroxylation is 1. The molecule has 2 aromatic rings. The number of hydrogen-bond donors (Lipinski definition) is 0. The summed E-state index contributed by atoms with van der Waals surface area (Å²) in [7, 11) is 0. The van der Waals surface area contributed by atoms with Crippen molar-refractivity contribution in [2.45, 2.75) is 13.3 Å². The highest BCUT2D eigenvalue weighted by Crippen LogP contribution is 2.24. The second-order valence-corrected chi connectivity index (χ2v) is 4.17. The van der Waals surface area contributed by atoms with Crippen LogP contribution in [0, 0.1) is 10.1 Å². The van der Waals surface area contributed by atoms with Crippen molar-refractivity contribution < 1.29 is 4.92 Å². The molecule has 2 rings (SSSR count). The highest BCUT2D eigenvalue weighted by molar-refractivity contribution is 6.31. The molecule has 4 nitrogen and oxygen atoms in total. The maximum absolute atomic E-state index is 10.3. The summed E-state index contributed by atoms with van der Waals surface area (Å²) in [6.07, 6.45) is 3.08. The Balaban J connectivity index is 2.59. The van der Waals surface area contributed by atoms with Crippen LogP contribution in [0.2, 0.25) is 5.15 Å². The fraction of sp³-hybridized carbons (Fsp3) is 0.154. The number of benzene rings is 1. The van der Waals surface area contributed by atoms with Gasteiger partial charge >= 0.3 is 0 Å². The van der Waals surface area contributed by atoms with Gasteiger partial charge in [0.25, 0.3) is 0 Å². The molecule has 1 heterocycles. The molecular weight excluding hydrogens is 252 g/mol. The Morgan fingerprint density at radius 3 is 2.94 bits per heavy atom. The van der Waals surface area contributed by atoms with Crippen LogP contribution in [0.4, 0.5) is 0 Å². The zero-order valence-corrected chi connectivity index (χ0v) is 10.5. The molecule has 0 amide bonds. The van der Waals surface area contributed by atoms with Crippen LogP contribution >= 0.6 is 11.6 Å². The first kappa shape index (κ1) is 12.5. The van der Waals surface area contributed by atoms with Crippen molar-refractivity contribution >= 4 is 28.6 Å². The van der Waals surface area contributed by atoms with E-state index in [4.69, 9.17) is 11.6 Å². The van der Waals surface area contributed by atoms with E-state index in [1.807, 2.05) is 31.2 Å². The van der Waals surface area contributed by atoms with Crippen LogP contribution in [0.1, 0.15) is 18.1 Å². The van der Waals surface area contributed by atoms with Gasteiger partial charge in [0.05, 0.1) is 10.4 Å². The van der Waals surface area contributed by atoms with E-state index in [1.54, 1.807) is 0 Å². The van der Waals surface area contributed by atoms with E-state index in [0.717, 1.165) is 29.1 Å². The van der Waals surface area contributed by atoms with Gasteiger partial charge in [-0.1, -0.05) is 36.7 Å². The minimum atomic E-state index is -0.525. The second kappa shape index (κ2) is 5.14. The van der Waals surface area contributed by atoms with Crippen LogP contribution in [0.15, 0.2) is 30.5 Å². The molecule has 0 radical (unpaired) electrons. The fourth-order valence-electron chi connectivity index (χ4n) is 1.80. The lowest BCUT2D eigenvalue weighted by Crippen LogP contribution is -1.91. The second-order valence-electron chi connectivity index (χ2n) is 3.81. The van der Waals surface area contributed by atoms with E-state index < -0.39 is 4.92 Å². The molecule has 0 saturated heterocycles. The molecule has 0 saturated carbocycles. The molecule has 5 heteroatoms. The van der Waals surface area contributed by atoms with E-state index in [1.165, 1.54) is 6.08 Å². The fourth-order valence-corrected chi connectivity index (χ4v) is 2.00. The van der Waals surface area contributed by atoms with Gasteiger partial charge in [-0.3, -0.25) is 10.1 Å².